The van der Waals surface area contributed by atoms with Gasteiger partial charge in [-0.1, -0.05) is 32.0 Å². The lowest BCUT2D eigenvalue weighted by Gasteiger charge is -2.36. The van der Waals surface area contributed by atoms with Crippen molar-refractivity contribution in [2.45, 2.75) is 51.6 Å². The maximum absolute atomic E-state index is 13.4. The molecule has 2 aromatic carbocycles. The van der Waals surface area contributed by atoms with Crippen molar-refractivity contribution in [2.24, 2.45) is 0 Å². The molecule has 2 heterocycles. The van der Waals surface area contributed by atoms with Crippen molar-refractivity contribution in [3.63, 3.8) is 0 Å². The van der Waals surface area contributed by atoms with E-state index in [1.807, 2.05) is 12.1 Å². The quantitative estimate of drug-likeness (QED) is 0.394. The molecule has 1 saturated carbocycles. The molecular weight excluding hydrogens is 401 g/mol. The minimum atomic E-state index is -0.225. The summed E-state index contributed by atoms with van der Waals surface area (Å²) in [5, 5.41) is 5.84. The zero-order chi connectivity index (χ0) is 22.1. The van der Waals surface area contributed by atoms with Gasteiger partial charge in [0.05, 0.1) is 5.39 Å². The number of rotatable bonds is 6. The Labute approximate surface area is 188 Å². The minimum Gasteiger partial charge on any atom is -0.367 e. The Balaban J connectivity index is 1.44. The Morgan fingerprint density at radius 1 is 0.969 bits per heavy atom. The molecule has 32 heavy (non-hydrogen) atoms. The summed E-state index contributed by atoms with van der Waals surface area (Å²) in [6.45, 7) is 6.75. The van der Waals surface area contributed by atoms with Crippen molar-refractivity contribution in [3.8, 4) is 11.1 Å². The summed E-state index contributed by atoms with van der Waals surface area (Å²) in [5.74, 6) is 0.668. The molecule has 0 atom stereocenters. The van der Waals surface area contributed by atoms with Gasteiger partial charge in [0.25, 0.3) is 0 Å². The summed E-state index contributed by atoms with van der Waals surface area (Å²) in [6.07, 6.45) is 6.36. The second-order valence-corrected chi connectivity index (χ2v) is 8.71. The lowest BCUT2D eigenvalue weighted by molar-refractivity contribution is 0.167. The molecule has 2 N–H and O–H groups in total. The van der Waals surface area contributed by atoms with Crippen LogP contribution < -0.4 is 5.32 Å². The van der Waals surface area contributed by atoms with Gasteiger partial charge in [-0.25, -0.2) is 14.4 Å². The predicted octanol–water partition coefficient (Wildman–Crippen LogP) is 5.98. The molecule has 0 aliphatic heterocycles. The van der Waals surface area contributed by atoms with Crippen molar-refractivity contribution in [2.75, 3.05) is 18.4 Å². The van der Waals surface area contributed by atoms with Crippen LogP contribution in [0, 0.1) is 5.82 Å². The van der Waals surface area contributed by atoms with Crippen molar-refractivity contribution in [1.82, 2.24) is 19.9 Å². The highest BCUT2D eigenvalue weighted by molar-refractivity contribution is 6.12. The van der Waals surface area contributed by atoms with E-state index in [2.05, 4.69) is 57.2 Å². The van der Waals surface area contributed by atoms with E-state index in [0.717, 1.165) is 64.8 Å². The number of H-pyrrole nitrogens is 1. The average molecular weight is 432 g/mol. The van der Waals surface area contributed by atoms with Crippen LogP contribution in [0.3, 0.4) is 0 Å². The van der Waals surface area contributed by atoms with E-state index in [4.69, 9.17) is 0 Å². The first-order chi connectivity index (χ1) is 15.7. The summed E-state index contributed by atoms with van der Waals surface area (Å²) >= 11 is 0. The van der Waals surface area contributed by atoms with Gasteiger partial charge in [0, 0.05) is 23.0 Å². The van der Waals surface area contributed by atoms with E-state index >= 15 is 0 Å². The number of nitrogens with zero attached hydrogens (tertiary/aromatic N) is 3. The number of fused-ring (bicyclic) bond motifs is 3. The van der Waals surface area contributed by atoms with Crippen LogP contribution >= 0.6 is 0 Å². The number of anilines is 1. The van der Waals surface area contributed by atoms with Gasteiger partial charge in [0.1, 0.15) is 23.6 Å². The fourth-order valence-electron chi connectivity index (χ4n) is 5.17. The van der Waals surface area contributed by atoms with Crippen LogP contribution in [0.5, 0.6) is 0 Å². The van der Waals surface area contributed by atoms with Crippen LogP contribution in [0.2, 0.25) is 0 Å². The molecule has 1 fully saturated rings. The summed E-state index contributed by atoms with van der Waals surface area (Å²) in [7, 11) is 0. The number of benzene rings is 2. The van der Waals surface area contributed by atoms with E-state index in [1.54, 1.807) is 6.33 Å². The normalized spacial score (nSPS) is 19.1. The van der Waals surface area contributed by atoms with Crippen molar-refractivity contribution in [3.05, 3.63) is 54.6 Å². The maximum atomic E-state index is 13.4. The highest BCUT2D eigenvalue weighted by Gasteiger charge is 2.25. The number of aromatic nitrogens is 3. The topological polar surface area (TPSA) is 56.8 Å². The zero-order valence-electron chi connectivity index (χ0n) is 18.7. The number of aromatic amines is 1. The Morgan fingerprint density at radius 2 is 1.69 bits per heavy atom. The van der Waals surface area contributed by atoms with Crippen molar-refractivity contribution >= 4 is 27.8 Å². The van der Waals surface area contributed by atoms with Gasteiger partial charge in [-0.05, 0) is 74.2 Å². The van der Waals surface area contributed by atoms with Crippen LogP contribution in [0.1, 0.15) is 39.5 Å². The average Bonchev–Trinajstić information content (AvgIpc) is 3.20. The number of nitrogens with one attached hydrogen (secondary N) is 2. The van der Waals surface area contributed by atoms with Gasteiger partial charge in [-0.3, -0.25) is 0 Å². The summed E-state index contributed by atoms with van der Waals surface area (Å²) in [4.78, 5) is 15.1. The number of halogens is 1. The first-order valence-corrected chi connectivity index (χ1v) is 11.7. The fourth-order valence-corrected chi connectivity index (χ4v) is 5.17. The van der Waals surface area contributed by atoms with Gasteiger partial charge < -0.3 is 15.2 Å². The maximum Gasteiger partial charge on any atom is 0.143 e. The molecule has 4 aromatic rings. The monoisotopic (exact) mass is 431 g/mol. The third kappa shape index (κ3) is 3.95. The third-order valence-electron chi connectivity index (χ3n) is 6.93. The van der Waals surface area contributed by atoms with E-state index in [1.165, 1.54) is 25.0 Å². The Kier molecular flexibility index (Phi) is 5.79. The second-order valence-electron chi connectivity index (χ2n) is 8.71. The highest BCUT2D eigenvalue weighted by Crippen LogP contribution is 2.34. The second kappa shape index (κ2) is 8.87. The smallest absolute Gasteiger partial charge is 0.143 e. The Morgan fingerprint density at radius 3 is 2.41 bits per heavy atom. The van der Waals surface area contributed by atoms with Gasteiger partial charge in [-0.2, -0.15) is 0 Å². The molecule has 0 unspecified atom stereocenters. The van der Waals surface area contributed by atoms with Gasteiger partial charge in [-0.15, -0.1) is 0 Å². The zero-order valence-corrected chi connectivity index (χ0v) is 18.7. The molecular formula is C26H30FN5. The molecule has 1 aliphatic carbocycles. The largest absolute Gasteiger partial charge is 0.367 e. The van der Waals surface area contributed by atoms with Crippen molar-refractivity contribution in [1.29, 1.82) is 0 Å². The van der Waals surface area contributed by atoms with Crippen LogP contribution in [0.15, 0.2) is 48.8 Å². The molecule has 1 aliphatic rings. The molecule has 2 aromatic heterocycles. The first kappa shape index (κ1) is 20.9. The molecule has 0 radical (unpaired) electrons. The van der Waals surface area contributed by atoms with E-state index in [0.29, 0.717) is 12.1 Å². The first-order valence-electron chi connectivity index (χ1n) is 11.7. The van der Waals surface area contributed by atoms with Crippen LogP contribution in [0.25, 0.3) is 33.1 Å². The van der Waals surface area contributed by atoms with E-state index in [9.17, 15) is 4.39 Å². The Hall–Kier alpha value is -2.99. The standard InChI is InChI=1S/C26H30FN5/c1-3-32(4-2)21-12-10-20(11-13-21)30-25-24-22-15-18(17-5-8-19(27)9-6-17)7-14-23(22)31-26(24)29-16-28-25/h5-9,14-16,20-21H,3-4,10-13H2,1-2H3,(H2,28,29,30,31). The predicted molar refractivity (Wildman–Crippen MR) is 129 cm³/mol. The molecule has 0 amide bonds. The fraction of sp³-hybridized carbons (Fsp3) is 0.385. The SMILES string of the molecule is CCN(CC)C1CCC(Nc2ncnc3[nH]c4ccc(-c5ccc(F)cc5)cc4c23)CC1. The Bertz CT molecular complexity index is 1200. The van der Waals surface area contributed by atoms with Crippen LogP contribution in [-0.4, -0.2) is 45.0 Å². The van der Waals surface area contributed by atoms with Gasteiger partial charge >= 0.3 is 0 Å². The number of hydrogen-bond donors (Lipinski definition) is 2. The van der Waals surface area contributed by atoms with Crippen molar-refractivity contribution < 1.29 is 4.39 Å². The van der Waals surface area contributed by atoms with Crippen LogP contribution in [-0.2, 0) is 0 Å². The van der Waals surface area contributed by atoms with E-state index < -0.39 is 0 Å². The third-order valence-corrected chi connectivity index (χ3v) is 6.93. The minimum absolute atomic E-state index is 0.225. The summed E-state index contributed by atoms with van der Waals surface area (Å²) < 4.78 is 13.4. The van der Waals surface area contributed by atoms with Gasteiger partial charge in [0.15, 0.2) is 0 Å². The van der Waals surface area contributed by atoms with Crippen LogP contribution in [0.4, 0.5) is 10.2 Å². The summed E-state index contributed by atoms with van der Waals surface area (Å²) in [6, 6.07) is 14.0. The summed E-state index contributed by atoms with van der Waals surface area (Å²) in [5.41, 5.74) is 3.90. The molecule has 166 valence electrons. The number of hydrogen-bond acceptors (Lipinski definition) is 4. The molecule has 0 saturated heterocycles. The molecule has 5 nitrogen and oxygen atoms in total. The lowest BCUT2D eigenvalue weighted by Crippen LogP contribution is -2.40. The molecule has 5 rings (SSSR count). The molecule has 6 heteroatoms. The highest BCUT2D eigenvalue weighted by atomic mass is 19.1. The molecule has 0 bridgehead atoms. The van der Waals surface area contributed by atoms with E-state index in [-0.39, 0.29) is 5.82 Å². The molecule has 0 spiro atoms. The lowest BCUT2D eigenvalue weighted by atomic mass is 9.90. The van der Waals surface area contributed by atoms with Gasteiger partial charge in [0.2, 0.25) is 0 Å².